The summed E-state index contributed by atoms with van der Waals surface area (Å²) in [5, 5.41) is 8.99. The van der Waals surface area contributed by atoms with Gasteiger partial charge in [0.05, 0.1) is 0 Å². The molecule has 0 aliphatic rings. The minimum Gasteiger partial charge on any atom is -0.480 e. The van der Waals surface area contributed by atoms with Crippen LogP contribution in [0.2, 0.25) is 0 Å². The van der Waals surface area contributed by atoms with Gasteiger partial charge < -0.3 is 5.11 Å². The van der Waals surface area contributed by atoms with Crippen molar-refractivity contribution in [1.82, 2.24) is 4.90 Å². The van der Waals surface area contributed by atoms with Crippen LogP contribution in [0, 0.1) is 0 Å². The molecule has 0 spiro atoms. The van der Waals surface area contributed by atoms with E-state index in [1.54, 1.807) is 0 Å². The number of carboxylic acids is 1. The average molecular weight is 229 g/mol. The second-order valence-corrected chi connectivity index (χ2v) is 3.68. The molecule has 92 valence electrons. The first-order valence-corrected chi connectivity index (χ1v) is 5.51. The fraction of sp³-hybridized carbons (Fsp3) is 0.727. The summed E-state index contributed by atoms with van der Waals surface area (Å²) in [5.41, 5.74) is 0. The Hall–Kier alpha value is -1.39. The van der Waals surface area contributed by atoms with E-state index in [0.717, 1.165) is 4.90 Å². The third kappa shape index (κ3) is 4.00. The third-order valence-corrected chi connectivity index (χ3v) is 2.23. The lowest BCUT2D eigenvalue weighted by Crippen LogP contribution is -2.47. The molecular weight excluding hydrogens is 210 g/mol. The first kappa shape index (κ1) is 14.6. The molecule has 0 aromatic heterocycles. The van der Waals surface area contributed by atoms with Crippen LogP contribution in [0.5, 0.6) is 0 Å². The van der Waals surface area contributed by atoms with Crippen LogP contribution in [0.4, 0.5) is 0 Å². The van der Waals surface area contributed by atoms with Gasteiger partial charge in [-0.25, -0.2) is 4.79 Å². The molecule has 0 saturated heterocycles. The minimum absolute atomic E-state index is 0.201. The number of carbonyl (C=O) groups is 3. The number of nitrogens with zero attached hydrogens (tertiary/aromatic N) is 1. The second kappa shape index (κ2) is 6.98. The van der Waals surface area contributed by atoms with Gasteiger partial charge in [0.1, 0.15) is 6.04 Å². The summed E-state index contributed by atoms with van der Waals surface area (Å²) < 4.78 is 0. The van der Waals surface area contributed by atoms with Gasteiger partial charge >= 0.3 is 5.97 Å². The van der Waals surface area contributed by atoms with Crippen molar-refractivity contribution < 1.29 is 19.5 Å². The number of aliphatic carboxylic acids is 1. The lowest BCUT2D eigenvalue weighted by Gasteiger charge is -2.25. The predicted molar refractivity (Wildman–Crippen MR) is 58.8 cm³/mol. The Labute approximate surface area is 95.4 Å². The number of rotatable bonds is 6. The number of carboxylic acid groups (broad SMARTS) is 1. The van der Waals surface area contributed by atoms with E-state index >= 15 is 0 Å². The summed E-state index contributed by atoms with van der Waals surface area (Å²) in [6.45, 7) is 4.85. The molecule has 0 aromatic rings. The zero-order chi connectivity index (χ0) is 12.7. The quantitative estimate of drug-likeness (QED) is 0.747. The number of imide groups is 1. The molecule has 0 aliphatic heterocycles. The maximum absolute atomic E-state index is 11.6. The number of carbonyl (C=O) groups excluding carboxylic acids is 2. The minimum atomic E-state index is -1.12. The van der Waals surface area contributed by atoms with Crippen LogP contribution in [0.15, 0.2) is 0 Å². The van der Waals surface area contributed by atoms with Crippen LogP contribution in [0.3, 0.4) is 0 Å². The first-order chi connectivity index (χ1) is 7.45. The summed E-state index contributed by atoms with van der Waals surface area (Å²) in [4.78, 5) is 34.8. The monoisotopic (exact) mass is 229 g/mol. The summed E-state index contributed by atoms with van der Waals surface area (Å²) in [6, 6.07) is -1.03. The van der Waals surface area contributed by atoms with Crippen molar-refractivity contribution in [2.24, 2.45) is 0 Å². The molecule has 0 rings (SSSR count). The van der Waals surface area contributed by atoms with Crippen LogP contribution in [-0.2, 0) is 14.4 Å². The van der Waals surface area contributed by atoms with E-state index in [-0.39, 0.29) is 6.42 Å². The molecule has 2 amide bonds. The lowest BCUT2D eigenvalue weighted by molar-refractivity contribution is -0.157. The van der Waals surface area contributed by atoms with Crippen molar-refractivity contribution >= 4 is 17.8 Å². The molecule has 1 atom stereocenters. The topological polar surface area (TPSA) is 74.7 Å². The van der Waals surface area contributed by atoms with E-state index in [4.69, 9.17) is 5.11 Å². The fourth-order valence-corrected chi connectivity index (χ4v) is 1.54. The van der Waals surface area contributed by atoms with Gasteiger partial charge in [0.25, 0.3) is 0 Å². The van der Waals surface area contributed by atoms with Gasteiger partial charge in [0, 0.05) is 13.3 Å². The zero-order valence-electron chi connectivity index (χ0n) is 10.0. The summed E-state index contributed by atoms with van der Waals surface area (Å²) in [5.74, 6) is -2.03. The molecule has 16 heavy (non-hydrogen) atoms. The highest BCUT2D eigenvalue weighted by Crippen LogP contribution is 2.11. The van der Waals surface area contributed by atoms with Gasteiger partial charge in [0.2, 0.25) is 11.8 Å². The first-order valence-electron chi connectivity index (χ1n) is 5.51. The van der Waals surface area contributed by atoms with Crippen molar-refractivity contribution in [3.8, 4) is 0 Å². The molecule has 0 radical (unpaired) electrons. The van der Waals surface area contributed by atoms with Crippen LogP contribution >= 0.6 is 0 Å². The van der Waals surface area contributed by atoms with Gasteiger partial charge in [-0.3, -0.25) is 14.5 Å². The lowest BCUT2D eigenvalue weighted by atomic mass is 10.1. The normalized spacial score (nSPS) is 11.9. The van der Waals surface area contributed by atoms with E-state index in [9.17, 15) is 14.4 Å². The zero-order valence-corrected chi connectivity index (χ0v) is 10.0. The van der Waals surface area contributed by atoms with Gasteiger partial charge in [-0.05, 0) is 12.8 Å². The molecular formula is C11H19NO4. The Morgan fingerprint density at radius 3 is 2.06 bits per heavy atom. The molecule has 0 saturated carbocycles. The van der Waals surface area contributed by atoms with Crippen LogP contribution < -0.4 is 0 Å². The highest BCUT2D eigenvalue weighted by atomic mass is 16.4. The molecule has 0 aliphatic carbocycles. The maximum Gasteiger partial charge on any atom is 0.326 e. The van der Waals surface area contributed by atoms with Gasteiger partial charge in [-0.2, -0.15) is 0 Å². The highest BCUT2D eigenvalue weighted by Gasteiger charge is 2.31. The summed E-state index contributed by atoms with van der Waals surface area (Å²) in [6.07, 6.45) is 1.71. The Balaban J connectivity index is 4.91. The molecule has 1 unspecified atom stereocenters. The Morgan fingerprint density at radius 1 is 1.19 bits per heavy atom. The number of hydrogen-bond acceptors (Lipinski definition) is 3. The summed E-state index contributed by atoms with van der Waals surface area (Å²) >= 11 is 0. The molecule has 0 heterocycles. The standard InChI is InChI=1S/C11H19NO4/c1-4-6-9(11(15)16)12(8(3)13)10(14)7-5-2/h9H,4-7H2,1-3H3,(H,15,16). The van der Waals surface area contributed by atoms with Crippen LogP contribution in [0.25, 0.3) is 0 Å². The maximum atomic E-state index is 11.6. The number of hydrogen-bond donors (Lipinski definition) is 1. The Bertz CT molecular complexity index is 275. The van der Waals surface area contributed by atoms with Crippen molar-refractivity contribution in [3.05, 3.63) is 0 Å². The smallest absolute Gasteiger partial charge is 0.326 e. The third-order valence-electron chi connectivity index (χ3n) is 2.23. The largest absolute Gasteiger partial charge is 0.480 e. The molecule has 1 N–H and O–H groups in total. The van der Waals surface area contributed by atoms with Gasteiger partial charge in [-0.15, -0.1) is 0 Å². The van der Waals surface area contributed by atoms with E-state index in [2.05, 4.69) is 0 Å². The molecule has 0 bridgehead atoms. The SMILES string of the molecule is CCCC(=O)N(C(C)=O)C(CCC)C(=O)O. The van der Waals surface area contributed by atoms with Crippen molar-refractivity contribution in [1.29, 1.82) is 0 Å². The number of amides is 2. The highest BCUT2D eigenvalue weighted by molar-refractivity contribution is 5.98. The van der Waals surface area contributed by atoms with Gasteiger partial charge in [-0.1, -0.05) is 20.3 Å². The van der Waals surface area contributed by atoms with Gasteiger partial charge in [0.15, 0.2) is 0 Å². The van der Waals surface area contributed by atoms with E-state index in [0.29, 0.717) is 19.3 Å². The molecule has 5 heteroatoms. The Kier molecular flexibility index (Phi) is 6.37. The summed E-state index contributed by atoms with van der Waals surface area (Å²) in [7, 11) is 0. The van der Waals surface area contributed by atoms with Crippen LogP contribution in [0.1, 0.15) is 46.5 Å². The average Bonchev–Trinajstić information content (AvgIpc) is 2.16. The van der Waals surface area contributed by atoms with Crippen LogP contribution in [-0.4, -0.2) is 33.8 Å². The molecule has 0 aromatic carbocycles. The Morgan fingerprint density at radius 2 is 1.75 bits per heavy atom. The van der Waals surface area contributed by atoms with Crippen molar-refractivity contribution in [2.45, 2.75) is 52.5 Å². The molecule has 5 nitrogen and oxygen atoms in total. The van der Waals surface area contributed by atoms with Crippen molar-refractivity contribution in [2.75, 3.05) is 0 Å². The van der Waals surface area contributed by atoms with E-state index < -0.39 is 23.8 Å². The van der Waals surface area contributed by atoms with E-state index in [1.807, 2.05) is 13.8 Å². The van der Waals surface area contributed by atoms with Crippen molar-refractivity contribution in [3.63, 3.8) is 0 Å². The predicted octanol–water partition coefficient (Wildman–Crippen LogP) is 1.41. The van der Waals surface area contributed by atoms with E-state index in [1.165, 1.54) is 6.92 Å². The fourth-order valence-electron chi connectivity index (χ4n) is 1.54. The second-order valence-electron chi connectivity index (χ2n) is 3.68. The molecule has 0 fully saturated rings.